The molecular weight excluding hydrogens is 330 g/mol. The lowest BCUT2D eigenvalue weighted by Gasteiger charge is -2.36. The zero-order valence-corrected chi connectivity index (χ0v) is 15.5. The molecule has 1 aromatic rings. The normalized spacial score (nSPS) is 22.1. The molecule has 1 aromatic carbocycles. The van der Waals surface area contributed by atoms with E-state index in [4.69, 9.17) is 0 Å². The number of benzene rings is 1. The molecule has 142 valence electrons. The van der Waals surface area contributed by atoms with Gasteiger partial charge in [-0.1, -0.05) is 13.0 Å². The van der Waals surface area contributed by atoms with Gasteiger partial charge in [-0.15, -0.1) is 0 Å². The van der Waals surface area contributed by atoms with Crippen molar-refractivity contribution in [3.05, 3.63) is 29.8 Å². The molecule has 0 aliphatic carbocycles. The van der Waals surface area contributed by atoms with E-state index >= 15 is 0 Å². The third kappa shape index (κ3) is 4.55. The van der Waals surface area contributed by atoms with Gasteiger partial charge in [-0.25, -0.2) is 0 Å². The standard InChI is InChI=1S/C20H29N3O3/c1-15(17-5-3-7-21-14-17)12-19(25)22-8-10-23(11-9-22)20(26)16-4-2-6-18(24)13-16/h2,4,6,13,15,17,21,24H,3,5,7-12,14H2,1H3. The monoisotopic (exact) mass is 359 g/mol. The van der Waals surface area contributed by atoms with E-state index in [9.17, 15) is 14.7 Å². The minimum atomic E-state index is -0.0883. The Balaban J connectivity index is 1.48. The van der Waals surface area contributed by atoms with Crippen molar-refractivity contribution in [1.82, 2.24) is 15.1 Å². The van der Waals surface area contributed by atoms with Crippen LogP contribution in [0.15, 0.2) is 24.3 Å². The Morgan fingerprint density at radius 1 is 1.23 bits per heavy atom. The number of piperazine rings is 1. The predicted molar refractivity (Wildman–Crippen MR) is 100.0 cm³/mol. The van der Waals surface area contributed by atoms with Gasteiger partial charge < -0.3 is 20.2 Å². The molecule has 26 heavy (non-hydrogen) atoms. The first-order valence-corrected chi connectivity index (χ1v) is 9.61. The van der Waals surface area contributed by atoms with Crippen LogP contribution in [0.5, 0.6) is 5.75 Å². The Labute approximate surface area is 155 Å². The molecule has 0 radical (unpaired) electrons. The van der Waals surface area contributed by atoms with Crippen molar-refractivity contribution in [3.8, 4) is 5.75 Å². The fourth-order valence-electron chi connectivity index (χ4n) is 3.92. The Kier molecular flexibility index (Phi) is 6.14. The summed E-state index contributed by atoms with van der Waals surface area (Å²) in [5.74, 6) is 1.18. The molecule has 2 N–H and O–H groups in total. The summed E-state index contributed by atoms with van der Waals surface area (Å²) >= 11 is 0. The van der Waals surface area contributed by atoms with E-state index in [1.807, 2.05) is 4.90 Å². The number of carbonyl (C=O) groups excluding carboxylic acids is 2. The van der Waals surface area contributed by atoms with Crippen LogP contribution in [-0.2, 0) is 4.79 Å². The summed E-state index contributed by atoms with van der Waals surface area (Å²) < 4.78 is 0. The zero-order chi connectivity index (χ0) is 18.5. The van der Waals surface area contributed by atoms with Crippen molar-refractivity contribution in [2.24, 2.45) is 11.8 Å². The van der Waals surface area contributed by atoms with Gasteiger partial charge in [0.25, 0.3) is 5.91 Å². The number of phenols is 1. The molecule has 6 heteroatoms. The summed E-state index contributed by atoms with van der Waals surface area (Å²) in [6.45, 7) is 6.53. The Hall–Kier alpha value is -2.08. The van der Waals surface area contributed by atoms with Crippen LogP contribution in [0.3, 0.4) is 0 Å². The van der Waals surface area contributed by atoms with Gasteiger partial charge in [0.2, 0.25) is 5.91 Å². The van der Waals surface area contributed by atoms with E-state index in [0.29, 0.717) is 50.0 Å². The van der Waals surface area contributed by atoms with E-state index < -0.39 is 0 Å². The van der Waals surface area contributed by atoms with Gasteiger partial charge in [0.1, 0.15) is 5.75 Å². The highest BCUT2D eigenvalue weighted by Gasteiger charge is 2.28. The molecule has 2 atom stereocenters. The van der Waals surface area contributed by atoms with Crippen molar-refractivity contribution >= 4 is 11.8 Å². The number of amides is 2. The van der Waals surface area contributed by atoms with Crippen LogP contribution in [0, 0.1) is 11.8 Å². The number of rotatable bonds is 4. The third-order valence-corrected chi connectivity index (χ3v) is 5.65. The zero-order valence-electron chi connectivity index (χ0n) is 15.5. The molecule has 2 heterocycles. The molecule has 2 aliphatic rings. The summed E-state index contributed by atoms with van der Waals surface area (Å²) in [4.78, 5) is 28.8. The molecule has 0 saturated carbocycles. The molecule has 0 aromatic heterocycles. The van der Waals surface area contributed by atoms with E-state index in [0.717, 1.165) is 13.1 Å². The number of piperidine rings is 1. The smallest absolute Gasteiger partial charge is 0.254 e. The molecule has 0 bridgehead atoms. The lowest BCUT2D eigenvalue weighted by molar-refractivity contribution is -0.134. The van der Waals surface area contributed by atoms with Crippen molar-refractivity contribution in [2.45, 2.75) is 26.2 Å². The number of carbonyl (C=O) groups is 2. The molecule has 2 unspecified atom stereocenters. The summed E-state index contributed by atoms with van der Waals surface area (Å²) in [6.07, 6.45) is 2.99. The first-order valence-electron chi connectivity index (χ1n) is 9.61. The molecular formula is C20H29N3O3. The van der Waals surface area contributed by atoms with Gasteiger partial charge in [0, 0.05) is 38.2 Å². The van der Waals surface area contributed by atoms with Gasteiger partial charge in [-0.2, -0.15) is 0 Å². The van der Waals surface area contributed by atoms with Gasteiger partial charge in [-0.05, 0) is 56.0 Å². The molecule has 6 nitrogen and oxygen atoms in total. The van der Waals surface area contributed by atoms with E-state index in [1.165, 1.54) is 18.9 Å². The second kappa shape index (κ2) is 8.54. The number of hydrogen-bond acceptors (Lipinski definition) is 4. The lowest BCUT2D eigenvalue weighted by atomic mass is 9.85. The highest BCUT2D eigenvalue weighted by Crippen LogP contribution is 2.23. The van der Waals surface area contributed by atoms with Gasteiger partial charge in [0.05, 0.1) is 0 Å². The Morgan fingerprint density at radius 3 is 2.62 bits per heavy atom. The number of nitrogens with zero attached hydrogens (tertiary/aromatic N) is 2. The number of nitrogens with one attached hydrogen (secondary N) is 1. The van der Waals surface area contributed by atoms with Crippen LogP contribution in [0.2, 0.25) is 0 Å². The van der Waals surface area contributed by atoms with Gasteiger partial charge >= 0.3 is 0 Å². The molecule has 3 rings (SSSR count). The number of hydrogen-bond donors (Lipinski definition) is 2. The SMILES string of the molecule is CC(CC(=O)N1CCN(C(=O)c2cccc(O)c2)CC1)C1CCCNC1. The maximum Gasteiger partial charge on any atom is 0.254 e. The van der Waals surface area contributed by atoms with Gasteiger partial charge in [0.15, 0.2) is 0 Å². The fourth-order valence-corrected chi connectivity index (χ4v) is 3.92. The maximum absolute atomic E-state index is 12.6. The van der Waals surface area contributed by atoms with Crippen molar-refractivity contribution < 1.29 is 14.7 Å². The highest BCUT2D eigenvalue weighted by molar-refractivity contribution is 5.94. The lowest BCUT2D eigenvalue weighted by Crippen LogP contribution is -2.51. The summed E-state index contributed by atoms with van der Waals surface area (Å²) in [6, 6.07) is 6.42. The molecule has 2 fully saturated rings. The minimum Gasteiger partial charge on any atom is -0.508 e. The van der Waals surface area contributed by atoms with Crippen LogP contribution in [0.4, 0.5) is 0 Å². The largest absolute Gasteiger partial charge is 0.508 e. The van der Waals surface area contributed by atoms with Gasteiger partial charge in [-0.3, -0.25) is 9.59 Å². The van der Waals surface area contributed by atoms with Crippen molar-refractivity contribution in [1.29, 1.82) is 0 Å². The first kappa shape index (κ1) is 18.7. The van der Waals surface area contributed by atoms with Crippen LogP contribution in [0.1, 0.15) is 36.5 Å². The van der Waals surface area contributed by atoms with E-state index in [2.05, 4.69) is 12.2 Å². The molecule has 2 amide bonds. The second-order valence-corrected chi connectivity index (χ2v) is 7.51. The van der Waals surface area contributed by atoms with Crippen LogP contribution < -0.4 is 5.32 Å². The Bertz CT molecular complexity index is 635. The molecule has 2 saturated heterocycles. The fraction of sp³-hybridized carbons (Fsp3) is 0.600. The number of aromatic hydroxyl groups is 1. The molecule has 2 aliphatic heterocycles. The summed E-state index contributed by atoms with van der Waals surface area (Å²) in [5.41, 5.74) is 0.489. The maximum atomic E-state index is 12.6. The highest BCUT2D eigenvalue weighted by atomic mass is 16.3. The summed E-state index contributed by atoms with van der Waals surface area (Å²) in [5, 5.41) is 13.0. The quantitative estimate of drug-likeness (QED) is 0.858. The van der Waals surface area contributed by atoms with Crippen molar-refractivity contribution in [2.75, 3.05) is 39.3 Å². The van der Waals surface area contributed by atoms with E-state index in [1.54, 1.807) is 23.1 Å². The van der Waals surface area contributed by atoms with Crippen LogP contribution in [-0.4, -0.2) is 66.0 Å². The minimum absolute atomic E-state index is 0.0883. The van der Waals surface area contributed by atoms with Crippen LogP contribution >= 0.6 is 0 Å². The summed E-state index contributed by atoms with van der Waals surface area (Å²) in [7, 11) is 0. The Morgan fingerprint density at radius 2 is 1.96 bits per heavy atom. The third-order valence-electron chi connectivity index (χ3n) is 5.65. The average Bonchev–Trinajstić information content (AvgIpc) is 2.68. The second-order valence-electron chi connectivity index (χ2n) is 7.51. The topological polar surface area (TPSA) is 72.9 Å². The van der Waals surface area contributed by atoms with Crippen molar-refractivity contribution in [3.63, 3.8) is 0 Å². The average molecular weight is 359 g/mol. The van der Waals surface area contributed by atoms with Crippen LogP contribution in [0.25, 0.3) is 0 Å². The predicted octanol–water partition coefficient (Wildman–Crippen LogP) is 1.70. The first-order chi connectivity index (χ1) is 12.5. The van der Waals surface area contributed by atoms with E-state index in [-0.39, 0.29) is 17.6 Å². The number of phenolic OH excluding ortho intramolecular Hbond substituents is 1. The molecule has 0 spiro atoms.